The molecule has 100 valence electrons. The fourth-order valence-electron chi connectivity index (χ4n) is 1.76. The maximum absolute atomic E-state index is 11.8. The molecule has 0 aromatic rings. The van der Waals surface area contributed by atoms with Crippen molar-refractivity contribution >= 4 is 15.7 Å². The molecule has 0 aromatic carbocycles. The number of nitrogens with two attached hydrogens (primary N) is 1. The Morgan fingerprint density at radius 1 is 1.41 bits per heavy atom. The van der Waals surface area contributed by atoms with Gasteiger partial charge in [-0.3, -0.25) is 4.79 Å². The zero-order valence-electron chi connectivity index (χ0n) is 10.5. The van der Waals surface area contributed by atoms with E-state index in [1.807, 2.05) is 13.8 Å². The van der Waals surface area contributed by atoms with Gasteiger partial charge in [-0.15, -0.1) is 0 Å². The zero-order chi connectivity index (χ0) is 13.1. The molecule has 1 heterocycles. The summed E-state index contributed by atoms with van der Waals surface area (Å²) in [5.41, 5.74) is 5.35. The molecule has 0 aliphatic carbocycles. The van der Waals surface area contributed by atoms with Crippen molar-refractivity contribution in [1.29, 1.82) is 0 Å². The van der Waals surface area contributed by atoms with Gasteiger partial charge in [0.15, 0.2) is 9.84 Å². The van der Waals surface area contributed by atoms with Crippen LogP contribution in [0, 0.1) is 5.41 Å². The molecule has 1 aliphatic heterocycles. The molecule has 3 N–H and O–H groups in total. The zero-order valence-corrected chi connectivity index (χ0v) is 11.3. The van der Waals surface area contributed by atoms with Crippen LogP contribution in [0.3, 0.4) is 0 Å². The van der Waals surface area contributed by atoms with Crippen LogP contribution < -0.4 is 11.1 Å². The van der Waals surface area contributed by atoms with Gasteiger partial charge >= 0.3 is 0 Å². The minimum Gasteiger partial charge on any atom is -0.354 e. The largest absolute Gasteiger partial charge is 0.354 e. The van der Waals surface area contributed by atoms with E-state index in [4.69, 9.17) is 5.73 Å². The molecule has 1 amide bonds. The molecular weight excluding hydrogens is 240 g/mol. The third-order valence-electron chi connectivity index (χ3n) is 3.16. The van der Waals surface area contributed by atoms with Crippen molar-refractivity contribution < 1.29 is 13.2 Å². The smallest absolute Gasteiger partial charge is 0.238 e. The fourth-order valence-corrected chi connectivity index (χ4v) is 3.59. The Balaban J connectivity index is 2.58. The minimum absolute atomic E-state index is 0.130. The third kappa shape index (κ3) is 3.96. The second-order valence-corrected chi connectivity index (χ2v) is 7.74. The summed E-state index contributed by atoms with van der Waals surface area (Å²) < 4.78 is 23.5. The van der Waals surface area contributed by atoms with Crippen molar-refractivity contribution in [3.63, 3.8) is 0 Å². The molecule has 6 heteroatoms. The van der Waals surface area contributed by atoms with E-state index in [1.54, 1.807) is 0 Å². The van der Waals surface area contributed by atoms with Crippen LogP contribution in [-0.4, -0.2) is 38.4 Å². The number of rotatable bonds is 4. The summed E-state index contributed by atoms with van der Waals surface area (Å²) in [5, 5.41) is 1.84. The highest BCUT2D eigenvalue weighted by molar-refractivity contribution is 7.92. The first kappa shape index (κ1) is 14.4. The number of amides is 1. The minimum atomic E-state index is -3.24. The highest BCUT2D eigenvalue weighted by Gasteiger charge is 2.35. The molecule has 1 saturated heterocycles. The summed E-state index contributed by atoms with van der Waals surface area (Å²) in [6, 6.07) is 0. The number of hydrogen-bond donors (Lipinski definition) is 2. The molecule has 0 aromatic heterocycles. The van der Waals surface area contributed by atoms with Crippen molar-refractivity contribution in [2.45, 2.75) is 38.4 Å². The summed E-state index contributed by atoms with van der Waals surface area (Å²) >= 11 is 0. The Labute approximate surface area is 103 Å². The van der Waals surface area contributed by atoms with Crippen LogP contribution in [0.25, 0.3) is 0 Å². The van der Waals surface area contributed by atoms with E-state index in [0.717, 1.165) is 6.42 Å². The highest BCUT2D eigenvalue weighted by Crippen LogP contribution is 2.20. The maximum atomic E-state index is 11.8. The molecule has 1 rings (SSSR count). The lowest BCUT2D eigenvalue weighted by Crippen LogP contribution is -2.46. The van der Waals surface area contributed by atoms with Crippen LogP contribution in [0.15, 0.2) is 0 Å². The lowest BCUT2D eigenvalue weighted by Gasteiger charge is -2.26. The normalized spacial score (nSPS) is 24.3. The first-order valence-corrected chi connectivity index (χ1v) is 7.69. The maximum Gasteiger partial charge on any atom is 0.238 e. The highest BCUT2D eigenvalue weighted by atomic mass is 32.2. The molecule has 0 spiro atoms. The van der Waals surface area contributed by atoms with E-state index < -0.39 is 15.1 Å². The van der Waals surface area contributed by atoms with Crippen molar-refractivity contribution in [2.75, 3.05) is 18.8 Å². The van der Waals surface area contributed by atoms with Crippen molar-refractivity contribution in [2.24, 2.45) is 11.1 Å². The Morgan fingerprint density at radius 3 is 2.59 bits per heavy atom. The Kier molecular flexibility index (Phi) is 4.55. The van der Waals surface area contributed by atoms with Gasteiger partial charge in [0.1, 0.15) is 5.25 Å². The molecule has 1 fully saturated rings. The first-order chi connectivity index (χ1) is 7.78. The number of carbonyl (C=O) groups excluding carboxylic acids is 1. The van der Waals surface area contributed by atoms with Crippen LogP contribution in [-0.2, 0) is 14.6 Å². The van der Waals surface area contributed by atoms with Gasteiger partial charge in [-0.1, -0.05) is 20.3 Å². The Bertz CT molecular complexity index is 376. The van der Waals surface area contributed by atoms with E-state index in [1.165, 1.54) is 0 Å². The van der Waals surface area contributed by atoms with Gasteiger partial charge in [0.25, 0.3) is 0 Å². The summed E-state index contributed by atoms with van der Waals surface area (Å²) in [6.45, 7) is 4.73. The number of carbonyl (C=O) groups is 1. The van der Waals surface area contributed by atoms with Gasteiger partial charge in [0.05, 0.1) is 5.75 Å². The number of hydrogen-bond acceptors (Lipinski definition) is 4. The van der Waals surface area contributed by atoms with Crippen LogP contribution >= 0.6 is 0 Å². The first-order valence-electron chi connectivity index (χ1n) is 5.98. The molecular formula is C11H22N2O3S. The van der Waals surface area contributed by atoms with Gasteiger partial charge in [-0.25, -0.2) is 8.42 Å². The summed E-state index contributed by atoms with van der Waals surface area (Å²) in [4.78, 5) is 11.8. The lowest BCUT2D eigenvalue weighted by molar-refractivity contribution is -0.121. The fraction of sp³-hybridized carbons (Fsp3) is 0.909. The molecule has 0 bridgehead atoms. The predicted octanol–water partition coefficient (Wildman–Crippen LogP) is 0.0548. The average molecular weight is 262 g/mol. The van der Waals surface area contributed by atoms with Gasteiger partial charge in [0.2, 0.25) is 5.91 Å². The van der Waals surface area contributed by atoms with E-state index in [-0.39, 0.29) is 17.1 Å². The molecule has 0 radical (unpaired) electrons. The molecule has 5 nitrogen and oxygen atoms in total. The average Bonchev–Trinajstić information content (AvgIpc) is 2.25. The number of nitrogens with one attached hydrogen (secondary N) is 1. The second kappa shape index (κ2) is 5.35. The van der Waals surface area contributed by atoms with E-state index in [0.29, 0.717) is 25.9 Å². The van der Waals surface area contributed by atoms with E-state index in [2.05, 4.69) is 5.32 Å². The van der Waals surface area contributed by atoms with Crippen molar-refractivity contribution in [3.8, 4) is 0 Å². The van der Waals surface area contributed by atoms with Gasteiger partial charge in [-0.05, 0) is 24.8 Å². The molecule has 1 aliphatic rings. The SMILES string of the molecule is CC(C)(CN)CNC(=O)C1CCCCS1(=O)=O. The van der Waals surface area contributed by atoms with Gasteiger partial charge in [-0.2, -0.15) is 0 Å². The Hall–Kier alpha value is -0.620. The monoisotopic (exact) mass is 262 g/mol. The van der Waals surface area contributed by atoms with Crippen LogP contribution in [0.1, 0.15) is 33.1 Å². The number of sulfone groups is 1. The molecule has 1 atom stereocenters. The Morgan fingerprint density at radius 2 is 2.06 bits per heavy atom. The molecule has 0 saturated carbocycles. The lowest BCUT2D eigenvalue weighted by atomic mass is 9.94. The molecule has 1 unspecified atom stereocenters. The predicted molar refractivity (Wildman–Crippen MR) is 67.3 cm³/mol. The van der Waals surface area contributed by atoms with Gasteiger partial charge in [0, 0.05) is 6.54 Å². The van der Waals surface area contributed by atoms with Crippen molar-refractivity contribution in [1.82, 2.24) is 5.32 Å². The van der Waals surface area contributed by atoms with Crippen LogP contribution in [0.2, 0.25) is 0 Å². The van der Waals surface area contributed by atoms with E-state index >= 15 is 0 Å². The summed E-state index contributed by atoms with van der Waals surface area (Å²) in [7, 11) is -3.24. The topological polar surface area (TPSA) is 89.3 Å². The summed E-state index contributed by atoms with van der Waals surface area (Å²) in [5.74, 6) is -0.239. The van der Waals surface area contributed by atoms with E-state index in [9.17, 15) is 13.2 Å². The standard InChI is InChI=1S/C11H22N2O3S/c1-11(2,7-12)8-13-10(14)9-5-3-4-6-17(9,15)16/h9H,3-8,12H2,1-2H3,(H,13,14). The second-order valence-electron chi connectivity index (χ2n) is 5.44. The quantitative estimate of drug-likeness (QED) is 0.749. The van der Waals surface area contributed by atoms with Crippen molar-refractivity contribution in [3.05, 3.63) is 0 Å². The van der Waals surface area contributed by atoms with Crippen LogP contribution in [0.5, 0.6) is 0 Å². The molecule has 17 heavy (non-hydrogen) atoms. The third-order valence-corrected chi connectivity index (χ3v) is 5.34. The summed E-state index contributed by atoms with van der Waals surface area (Å²) in [6.07, 6.45) is 1.91. The van der Waals surface area contributed by atoms with Crippen LogP contribution in [0.4, 0.5) is 0 Å². The van der Waals surface area contributed by atoms with Gasteiger partial charge < -0.3 is 11.1 Å².